The van der Waals surface area contributed by atoms with Gasteiger partial charge in [-0.15, -0.1) is 11.3 Å². The average molecular weight is 279 g/mol. The standard InChI is InChI=1S/C13H13NO4S/c1-7-4-9-10(18-6-8(2)15)11(13(16)17-3)19-12(9)14-5-7/h4-5H,6H2,1-3H3. The average Bonchev–Trinajstić information content (AvgIpc) is 2.73. The smallest absolute Gasteiger partial charge is 0.351 e. The van der Waals surface area contributed by atoms with Gasteiger partial charge in [0, 0.05) is 6.20 Å². The molecule has 0 unspecified atom stereocenters. The van der Waals surface area contributed by atoms with Crippen molar-refractivity contribution in [2.45, 2.75) is 13.8 Å². The number of thiophene rings is 1. The maximum Gasteiger partial charge on any atom is 0.351 e. The zero-order valence-electron chi connectivity index (χ0n) is 10.9. The lowest BCUT2D eigenvalue weighted by Gasteiger charge is -2.05. The van der Waals surface area contributed by atoms with Crippen LogP contribution in [0.25, 0.3) is 10.2 Å². The van der Waals surface area contributed by atoms with Gasteiger partial charge in [-0.3, -0.25) is 4.79 Å². The molecule has 0 bridgehead atoms. The predicted molar refractivity (Wildman–Crippen MR) is 71.9 cm³/mol. The molecule has 0 spiro atoms. The molecule has 0 atom stereocenters. The van der Waals surface area contributed by atoms with Crippen LogP contribution in [0.2, 0.25) is 0 Å². The Balaban J connectivity index is 2.56. The Morgan fingerprint density at radius 3 is 2.79 bits per heavy atom. The van der Waals surface area contributed by atoms with Crippen LogP contribution in [-0.2, 0) is 9.53 Å². The number of hydrogen-bond donors (Lipinski definition) is 0. The van der Waals surface area contributed by atoms with E-state index in [-0.39, 0.29) is 12.4 Å². The van der Waals surface area contributed by atoms with Gasteiger partial charge in [0.1, 0.15) is 11.4 Å². The molecule has 0 saturated heterocycles. The molecule has 0 aliphatic heterocycles. The lowest BCUT2D eigenvalue weighted by molar-refractivity contribution is -0.118. The largest absolute Gasteiger partial charge is 0.483 e. The van der Waals surface area contributed by atoms with E-state index < -0.39 is 5.97 Å². The van der Waals surface area contributed by atoms with Crippen molar-refractivity contribution < 1.29 is 19.1 Å². The van der Waals surface area contributed by atoms with Crippen LogP contribution in [0.1, 0.15) is 22.2 Å². The molecule has 19 heavy (non-hydrogen) atoms. The van der Waals surface area contributed by atoms with Crippen LogP contribution in [0.5, 0.6) is 5.75 Å². The van der Waals surface area contributed by atoms with Gasteiger partial charge in [0.15, 0.2) is 16.4 Å². The third-order valence-corrected chi connectivity index (χ3v) is 3.50. The maximum atomic E-state index is 11.7. The van der Waals surface area contributed by atoms with Crippen molar-refractivity contribution in [3.63, 3.8) is 0 Å². The summed E-state index contributed by atoms with van der Waals surface area (Å²) >= 11 is 1.19. The Morgan fingerprint density at radius 2 is 2.16 bits per heavy atom. The van der Waals surface area contributed by atoms with Gasteiger partial charge in [-0.05, 0) is 25.5 Å². The van der Waals surface area contributed by atoms with Crippen molar-refractivity contribution in [3.05, 3.63) is 22.7 Å². The number of Topliss-reactive ketones (excluding diaryl/α,β-unsaturated/α-hetero) is 1. The number of methoxy groups -OCH3 is 1. The maximum absolute atomic E-state index is 11.7. The Labute approximate surface area is 114 Å². The molecule has 2 rings (SSSR count). The van der Waals surface area contributed by atoms with E-state index in [2.05, 4.69) is 4.98 Å². The second-order valence-electron chi connectivity index (χ2n) is 4.11. The predicted octanol–water partition coefficient (Wildman–Crippen LogP) is 2.36. The van der Waals surface area contributed by atoms with E-state index in [1.54, 1.807) is 6.20 Å². The molecule has 0 fully saturated rings. The van der Waals surface area contributed by atoms with E-state index in [0.29, 0.717) is 15.5 Å². The number of hydrogen-bond acceptors (Lipinski definition) is 6. The quantitative estimate of drug-likeness (QED) is 0.804. The molecule has 0 N–H and O–H groups in total. The minimum Gasteiger partial charge on any atom is -0.483 e. The first-order valence-electron chi connectivity index (χ1n) is 5.62. The molecule has 0 aliphatic carbocycles. The highest BCUT2D eigenvalue weighted by atomic mass is 32.1. The van der Waals surface area contributed by atoms with Crippen molar-refractivity contribution in [3.8, 4) is 5.75 Å². The van der Waals surface area contributed by atoms with Gasteiger partial charge in [-0.2, -0.15) is 0 Å². The minimum absolute atomic E-state index is 0.0796. The number of pyridine rings is 1. The summed E-state index contributed by atoms with van der Waals surface area (Å²) in [6.45, 7) is 3.25. The van der Waals surface area contributed by atoms with E-state index in [0.717, 1.165) is 10.9 Å². The topological polar surface area (TPSA) is 65.5 Å². The molecule has 0 radical (unpaired) electrons. The minimum atomic E-state index is -0.487. The summed E-state index contributed by atoms with van der Waals surface area (Å²) in [7, 11) is 1.31. The lowest BCUT2D eigenvalue weighted by atomic mass is 10.2. The summed E-state index contributed by atoms with van der Waals surface area (Å²) < 4.78 is 10.2. The fourth-order valence-electron chi connectivity index (χ4n) is 1.61. The zero-order valence-corrected chi connectivity index (χ0v) is 11.7. The molecule has 100 valence electrons. The van der Waals surface area contributed by atoms with E-state index in [1.807, 2.05) is 13.0 Å². The van der Waals surface area contributed by atoms with Crippen molar-refractivity contribution in [1.82, 2.24) is 4.98 Å². The van der Waals surface area contributed by atoms with Gasteiger partial charge < -0.3 is 9.47 Å². The molecular formula is C13H13NO4S. The second-order valence-corrected chi connectivity index (χ2v) is 5.11. The lowest BCUT2D eigenvalue weighted by Crippen LogP contribution is -2.09. The number of esters is 1. The second kappa shape index (κ2) is 5.36. The highest BCUT2D eigenvalue weighted by molar-refractivity contribution is 7.20. The number of aromatic nitrogens is 1. The van der Waals surface area contributed by atoms with E-state index in [4.69, 9.17) is 9.47 Å². The SMILES string of the molecule is COC(=O)c1sc2ncc(C)cc2c1OCC(C)=O. The van der Waals surface area contributed by atoms with Gasteiger partial charge in [0.05, 0.1) is 12.5 Å². The molecule has 2 aromatic rings. The number of carbonyl (C=O) groups is 2. The van der Waals surface area contributed by atoms with Crippen molar-refractivity contribution >= 4 is 33.3 Å². The van der Waals surface area contributed by atoms with Gasteiger partial charge in [0.25, 0.3) is 0 Å². The first-order valence-corrected chi connectivity index (χ1v) is 6.44. The molecule has 5 nitrogen and oxygen atoms in total. The molecule has 0 saturated carbocycles. The molecule has 2 aromatic heterocycles. The summed E-state index contributed by atoms with van der Waals surface area (Å²) in [6.07, 6.45) is 1.72. The van der Waals surface area contributed by atoms with Crippen LogP contribution in [0.3, 0.4) is 0 Å². The normalized spacial score (nSPS) is 10.5. The number of rotatable bonds is 4. The fraction of sp³-hybridized carbons (Fsp3) is 0.308. The fourth-order valence-corrected chi connectivity index (χ4v) is 2.60. The summed E-state index contributed by atoms with van der Waals surface area (Å²) in [6, 6.07) is 1.88. The van der Waals surface area contributed by atoms with Gasteiger partial charge in [-0.1, -0.05) is 0 Å². The molecule has 6 heteroatoms. The first-order chi connectivity index (χ1) is 9.02. The van der Waals surface area contributed by atoms with Crippen molar-refractivity contribution in [1.29, 1.82) is 0 Å². The van der Waals surface area contributed by atoms with Gasteiger partial charge >= 0.3 is 5.97 Å². The number of nitrogens with zero attached hydrogens (tertiary/aromatic N) is 1. The third kappa shape index (κ3) is 2.73. The van der Waals surface area contributed by atoms with Crippen LogP contribution in [0.15, 0.2) is 12.3 Å². The summed E-state index contributed by atoms with van der Waals surface area (Å²) in [4.78, 5) is 28.0. The van der Waals surface area contributed by atoms with Gasteiger partial charge in [0.2, 0.25) is 0 Å². The van der Waals surface area contributed by atoms with E-state index in [9.17, 15) is 9.59 Å². The highest BCUT2D eigenvalue weighted by Gasteiger charge is 2.21. The molecule has 2 heterocycles. The van der Waals surface area contributed by atoms with E-state index in [1.165, 1.54) is 25.4 Å². The third-order valence-electron chi connectivity index (χ3n) is 2.43. The molecule has 0 aliphatic rings. The number of aryl methyl sites for hydroxylation is 1. The van der Waals surface area contributed by atoms with Crippen LogP contribution in [0.4, 0.5) is 0 Å². The summed E-state index contributed by atoms with van der Waals surface area (Å²) in [5.41, 5.74) is 0.953. The van der Waals surface area contributed by atoms with Crippen LogP contribution >= 0.6 is 11.3 Å². The van der Waals surface area contributed by atoms with Crippen molar-refractivity contribution in [2.24, 2.45) is 0 Å². The van der Waals surface area contributed by atoms with Crippen molar-refractivity contribution in [2.75, 3.05) is 13.7 Å². The number of ether oxygens (including phenoxy) is 2. The zero-order chi connectivity index (χ0) is 14.0. The van der Waals surface area contributed by atoms with Gasteiger partial charge in [-0.25, -0.2) is 9.78 Å². The first kappa shape index (κ1) is 13.5. The number of fused-ring (bicyclic) bond motifs is 1. The highest BCUT2D eigenvalue weighted by Crippen LogP contribution is 2.37. The van der Waals surface area contributed by atoms with Crippen LogP contribution in [0, 0.1) is 6.92 Å². The monoisotopic (exact) mass is 279 g/mol. The summed E-state index contributed by atoms with van der Waals surface area (Å²) in [5.74, 6) is -0.228. The molecule has 0 amide bonds. The number of ketones is 1. The Kier molecular flexibility index (Phi) is 3.80. The summed E-state index contributed by atoms with van der Waals surface area (Å²) in [5, 5.41) is 0.728. The number of carbonyl (C=O) groups excluding carboxylic acids is 2. The Bertz CT molecular complexity index is 647. The Hall–Kier alpha value is -1.95. The molecule has 0 aromatic carbocycles. The molecular weight excluding hydrogens is 266 g/mol. The van der Waals surface area contributed by atoms with E-state index >= 15 is 0 Å². The van der Waals surface area contributed by atoms with Crippen LogP contribution < -0.4 is 4.74 Å². The van der Waals surface area contributed by atoms with Crippen LogP contribution in [-0.4, -0.2) is 30.5 Å². The Morgan fingerprint density at radius 1 is 1.42 bits per heavy atom.